The molecule has 0 bridgehead atoms. The molecule has 9 heteroatoms. The first kappa shape index (κ1) is 23.8. The van der Waals surface area contributed by atoms with Crippen LogP contribution in [0.25, 0.3) is 5.69 Å². The predicted molar refractivity (Wildman–Crippen MR) is 118 cm³/mol. The van der Waals surface area contributed by atoms with Gasteiger partial charge < -0.3 is 9.67 Å². The van der Waals surface area contributed by atoms with Gasteiger partial charge in [-0.25, -0.2) is 10.2 Å². The molecule has 2 aromatic carbocycles. The Bertz CT molecular complexity index is 1240. The first-order valence-corrected chi connectivity index (χ1v) is 9.98. The monoisotopic (exact) mass is 457 g/mol. The molecule has 0 spiro atoms. The van der Waals surface area contributed by atoms with E-state index in [4.69, 9.17) is 0 Å². The number of nitrogens with one attached hydrogen (secondary N) is 1. The Labute approximate surface area is 188 Å². The number of aromatic nitrogens is 1. The molecule has 0 aliphatic heterocycles. The summed E-state index contributed by atoms with van der Waals surface area (Å²) in [6.07, 6.45) is -3.28. The third-order valence-electron chi connectivity index (χ3n) is 5.18. The Morgan fingerprint density at radius 3 is 2.48 bits per heavy atom. The summed E-state index contributed by atoms with van der Waals surface area (Å²) in [5.74, 6) is -1.58. The number of nitrogens with zero attached hydrogens (tertiary/aromatic N) is 2. The molecule has 0 aliphatic carbocycles. The number of aromatic carboxylic acids is 1. The molecule has 0 radical (unpaired) electrons. The summed E-state index contributed by atoms with van der Waals surface area (Å²) in [6.45, 7) is 5.58. The summed E-state index contributed by atoms with van der Waals surface area (Å²) in [5, 5.41) is 13.2. The van der Waals surface area contributed by atoms with E-state index in [1.807, 2.05) is 31.4 Å². The number of carbonyl (C=O) groups excluding carboxylic acids is 1. The van der Waals surface area contributed by atoms with E-state index in [1.165, 1.54) is 24.4 Å². The minimum atomic E-state index is -4.48. The second kappa shape index (κ2) is 9.32. The fourth-order valence-electron chi connectivity index (χ4n) is 3.53. The quantitative estimate of drug-likeness (QED) is 0.412. The maximum Gasteiger partial charge on any atom is 0.416 e. The number of rotatable bonds is 6. The summed E-state index contributed by atoms with van der Waals surface area (Å²) < 4.78 is 40.4. The lowest BCUT2D eigenvalue weighted by molar-refractivity contribution is -0.137. The van der Waals surface area contributed by atoms with Crippen LogP contribution in [0.3, 0.4) is 0 Å². The number of hydrogen-bond acceptors (Lipinski definition) is 3. The van der Waals surface area contributed by atoms with Gasteiger partial charge in [0.2, 0.25) is 5.91 Å². The van der Waals surface area contributed by atoms with Crippen LogP contribution in [0.1, 0.15) is 44.0 Å². The van der Waals surface area contributed by atoms with Gasteiger partial charge in [-0.05, 0) is 56.2 Å². The van der Waals surface area contributed by atoms with Crippen LogP contribution in [0.2, 0.25) is 0 Å². The standard InChI is InChI=1S/C24H22F3N3O3/c1-14-7-8-18(23(32)33)12-21(14)30-15(2)9-19(16(30)3)13-28-29-22(31)11-17-5-4-6-20(10-17)24(25,26)27/h4-10,12-13H,11H2,1-3H3,(H,29,31)(H,32,33)/b28-13+. The molecule has 1 amide bonds. The lowest BCUT2D eigenvalue weighted by Gasteiger charge is -2.13. The molecule has 0 atom stereocenters. The van der Waals surface area contributed by atoms with Crippen LogP contribution < -0.4 is 5.43 Å². The average Bonchev–Trinajstić information content (AvgIpc) is 3.01. The Balaban J connectivity index is 1.75. The predicted octanol–water partition coefficient (Wildman–Crippen LogP) is 4.81. The molecule has 1 aromatic heterocycles. The zero-order valence-electron chi connectivity index (χ0n) is 18.2. The summed E-state index contributed by atoms with van der Waals surface area (Å²) in [4.78, 5) is 23.5. The van der Waals surface area contributed by atoms with Gasteiger partial charge in [0, 0.05) is 22.6 Å². The number of carbonyl (C=O) groups is 2. The van der Waals surface area contributed by atoms with Crippen molar-refractivity contribution in [3.8, 4) is 5.69 Å². The maximum absolute atomic E-state index is 12.8. The molecule has 0 saturated heterocycles. The zero-order chi connectivity index (χ0) is 24.3. The van der Waals surface area contributed by atoms with Crippen LogP contribution in [0, 0.1) is 20.8 Å². The van der Waals surface area contributed by atoms with Crippen molar-refractivity contribution >= 4 is 18.1 Å². The van der Waals surface area contributed by atoms with Crippen LogP contribution in [-0.2, 0) is 17.4 Å². The number of hydrazone groups is 1. The van der Waals surface area contributed by atoms with Gasteiger partial charge in [0.1, 0.15) is 0 Å². The van der Waals surface area contributed by atoms with Gasteiger partial charge in [0.05, 0.1) is 23.8 Å². The normalized spacial score (nSPS) is 11.7. The number of alkyl halides is 3. The Morgan fingerprint density at radius 1 is 1.09 bits per heavy atom. The highest BCUT2D eigenvalue weighted by molar-refractivity contribution is 5.89. The van der Waals surface area contributed by atoms with Gasteiger partial charge in [-0.1, -0.05) is 24.3 Å². The van der Waals surface area contributed by atoms with E-state index >= 15 is 0 Å². The summed E-state index contributed by atoms with van der Waals surface area (Å²) in [5.41, 5.74) is 5.85. The Hall–Kier alpha value is -3.88. The summed E-state index contributed by atoms with van der Waals surface area (Å²) in [7, 11) is 0. The topological polar surface area (TPSA) is 83.7 Å². The number of carboxylic acids is 1. The number of halogens is 3. The Kier molecular flexibility index (Phi) is 6.71. The summed E-state index contributed by atoms with van der Waals surface area (Å²) >= 11 is 0. The van der Waals surface area contributed by atoms with Crippen molar-refractivity contribution in [3.63, 3.8) is 0 Å². The highest BCUT2D eigenvalue weighted by atomic mass is 19.4. The molecule has 6 nitrogen and oxygen atoms in total. The molecule has 0 aliphatic rings. The fraction of sp³-hybridized carbons (Fsp3) is 0.208. The molecule has 2 N–H and O–H groups in total. The van der Waals surface area contributed by atoms with E-state index in [2.05, 4.69) is 10.5 Å². The first-order valence-electron chi connectivity index (χ1n) is 9.98. The Morgan fingerprint density at radius 2 is 1.82 bits per heavy atom. The second-order valence-corrected chi connectivity index (χ2v) is 7.64. The number of carboxylic acid groups (broad SMARTS) is 1. The van der Waals surface area contributed by atoms with Crippen LogP contribution in [0.15, 0.2) is 53.6 Å². The number of amides is 1. The molecule has 0 saturated carbocycles. The highest BCUT2D eigenvalue weighted by Crippen LogP contribution is 2.29. The van der Waals surface area contributed by atoms with E-state index in [1.54, 1.807) is 12.1 Å². The lowest BCUT2D eigenvalue weighted by Crippen LogP contribution is -2.20. The van der Waals surface area contributed by atoms with Crippen molar-refractivity contribution in [1.29, 1.82) is 0 Å². The van der Waals surface area contributed by atoms with E-state index in [9.17, 15) is 27.9 Å². The van der Waals surface area contributed by atoms with Crippen LogP contribution in [0.5, 0.6) is 0 Å². The van der Waals surface area contributed by atoms with Gasteiger partial charge in [0.15, 0.2) is 0 Å². The molecule has 172 valence electrons. The third kappa shape index (κ3) is 5.49. The minimum absolute atomic E-state index is 0.167. The van der Waals surface area contributed by atoms with E-state index in [-0.39, 0.29) is 17.5 Å². The molecule has 0 unspecified atom stereocenters. The van der Waals surface area contributed by atoms with E-state index < -0.39 is 23.6 Å². The smallest absolute Gasteiger partial charge is 0.416 e. The summed E-state index contributed by atoms with van der Waals surface area (Å²) in [6, 6.07) is 11.3. The second-order valence-electron chi connectivity index (χ2n) is 7.64. The lowest BCUT2D eigenvalue weighted by atomic mass is 10.1. The van der Waals surface area contributed by atoms with Crippen molar-refractivity contribution in [1.82, 2.24) is 9.99 Å². The van der Waals surface area contributed by atoms with Crippen molar-refractivity contribution in [2.45, 2.75) is 33.4 Å². The van der Waals surface area contributed by atoms with Crippen molar-refractivity contribution in [2.75, 3.05) is 0 Å². The van der Waals surface area contributed by atoms with Gasteiger partial charge in [-0.3, -0.25) is 4.79 Å². The van der Waals surface area contributed by atoms with Gasteiger partial charge in [0.25, 0.3) is 0 Å². The number of benzene rings is 2. The van der Waals surface area contributed by atoms with Gasteiger partial charge in [-0.15, -0.1) is 0 Å². The van der Waals surface area contributed by atoms with E-state index in [0.717, 1.165) is 34.8 Å². The molecule has 0 fully saturated rings. The zero-order valence-corrected chi connectivity index (χ0v) is 18.2. The van der Waals surface area contributed by atoms with Gasteiger partial charge >= 0.3 is 12.1 Å². The fourth-order valence-corrected chi connectivity index (χ4v) is 3.53. The van der Waals surface area contributed by atoms with Crippen molar-refractivity contribution < 1.29 is 27.9 Å². The number of hydrogen-bond donors (Lipinski definition) is 2. The van der Waals surface area contributed by atoms with E-state index in [0.29, 0.717) is 5.56 Å². The molecular formula is C24H22F3N3O3. The van der Waals surface area contributed by atoms with Crippen LogP contribution >= 0.6 is 0 Å². The molecule has 3 rings (SSSR count). The highest BCUT2D eigenvalue weighted by Gasteiger charge is 2.30. The van der Waals surface area contributed by atoms with Crippen LogP contribution in [0.4, 0.5) is 13.2 Å². The first-order chi connectivity index (χ1) is 15.5. The van der Waals surface area contributed by atoms with Crippen molar-refractivity contribution in [3.05, 3.63) is 87.7 Å². The maximum atomic E-state index is 12.8. The van der Waals surface area contributed by atoms with Crippen LogP contribution in [-0.4, -0.2) is 27.8 Å². The molecule has 33 heavy (non-hydrogen) atoms. The SMILES string of the molecule is Cc1ccc(C(=O)O)cc1-n1c(C)cc(/C=N/NC(=O)Cc2cccc(C(F)(F)F)c2)c1C. The largest absolute Gasteiger partial charge is 0.478 e. The third-order valence-corrected chi connectivity index (χ3v) is 5.18. The average molecular weight is 457 g/mol. The van der Waals surface area contributed by atoms with Crippen molar-refractivity contribution in [2.24, 2.45) is 5.10 Å². The minimum Gasteiger partial charge on any atom is -0.478 e. The van der Waals surface area contributed by atoms with Gasteiger partial charge in [-0.2, -0.15) is 18.3 Å². The molecular weight excluding hydrogens is 435 g/mol. The molecule has 3 aromatic rings. The molecule has 1 heterocycles. The number of aryl methyl sites for hydroxylation is 2.